The van der Waals surface area contributed by atoms with Gasteiger partial charge in [0, 0.05) is 0 Å². The number of hydrogen-bond acceptors (Lipinski definition) is 13. The second kappa shape index (κ2) is 13.5. The van der Waals surface area contributed by atoms with Crippen molar-refractivity contribution >= 4 is 0 Å². The molecule has 2 spiro atoms. The molecular formula is C40H68O13. The van der Waals surface area contributed by atoms with Crippen LogP contribution in [-0.4, -0.2) is 138 Å². The number of aliphatic hydroxyl groups is 9. The van der Waals surface area contributed by atoms with Gasteiger partial charge in [-0.25, -0.2) is 0 Å². The maximum Gasteiger partial charge on any atom is 0.186 e. The molecule has 7 rings (SSSR count). The van der Waals surface area contributed by atoms with Crippen molar-refractivity contribution < 1.29 is 64.9 Å². The largest absolute Gasteiger partial charge is 0.393 e. The van der Waals surface area contributed by atoms with Crippen LogP contribution in [0.2, 0.25) is 0 Å². The fraction of sp³-hybridized carbons (Fsp3) is 1.00. The second-order valence-electron chi connectivity index (χ2n) is 20.3. The molecule has 0 bridgehead atoms. The first kappa shape index (κ1) is 40.7. The highest BCUT2D eigenvalue weighted by atomic mass is 16.7. The van der Waals surface area contributed by atoms with Crippen molar-refractivity contribution in [3.63, 3.8) is 0 Å². The summed E-state index contributed by atoms with van der Waals surface area (Å²) in [5.41, 5.74) is -2.05. The third-order valence-corrected chi connectivity index (χ3v) is 16.9. The zero-order chi connectivity index (χ0) is 38.8. The Morgan fingerprint density at radius 3 is 2.04 bits per heavy atom. The first-order chi connectivity index (χ1) is 24.6. The average Bonchev–Trinajstić information content (AvgIpc) is 3.66. The van der Waals surface area contributed by atoms with Gasteiger partial charge < -0.3 is 64.9 Å². The van der Waals surface area contributed by atoms with E-state index < -0.39 is 84.6 Å². The molecule has 9 N–H and O–H groups in total. The van der Waals surface area contributed by atoms with Gasteiger partial charge in [-0.2, -0.15) is 0 Å². The fourth-order valence-corrected chi connectivity index (χ4v) is 13.9. The Balaban J connectivity index is 1.09. The van der Waals surface area contributed by atoms with E-state index in [0.717, 1.165) is 25.7 Å². The van der Waals surface area contributed by atoms with Crippen molar-refractivity contribution in [2.75, 3.05) is 13.2 Å². The second-order valence-corrected chi connectivity index (χ2v) is 20.3. The summed E-state index contributed by atoms with van der Waals surface area (Å²) in [5.74, 6) is 0.384. The zero-order valence-electron chi connectivity index (χ0n) is 32.7. The van der Waals surface area contributed by atoms with Crippen LogP contribution in [0.25, 0.3) is 0 Å². The van der Waals surface area contributed by atoms with Crippen molar-refractivity contribution in [1.82, 2.24) is 0 Å². The van der Waals surface area contributed by atoms with Crippen LogP contribution in [0.3, 0.4) is 0 Å². The Kier molecular flexibility index (Phi) is 10.4. The number of hydrogen-bond donors (Lipinski definition) is 9. The highest BCUT2D eigenvalue weighted by Crippen LogP contribution is 2.89. The zero-order valence-corrected chi connectivity index (χ0v) is 32.7. The lowest BCUT2D eigenvalue weighted by Crippen LogP contribution is -2.63. The molecule has 7 aliphatic rings. The summed E-state index contributed by atoms with van der Waals surface area (Å²) in [6.07, 6.45) is -6.14. The molecule has 7 fully saturated rings. The van der Waals surface area contributed by atoms with Crippen LogP contribution < -0.4 is 0 Å². The van der Waals surface area contributed by atoms with Gasteiger partial charge in [-0.05, 0) is 122 Å². The topological polar surface area (TPSA) is 219 Å². The summed E-state index contributed by atoms with van der Waals surface area (Å²) >= 11 is 0. The molecule has 53 heavy (non-hydrogen) atoms. The highest BCUT2D eigenvalue weighted by Gasteiger charge is 2.84. The molecule has 20 atom stereocenters. The lowest BCUT2D eigenvalue weighted by Gasteiger charge is -2.64. The van der Waals surface area contributed by atoms with Gasteiger partial charge >= 0.3 is 0 Å². The molecule has 5 saturated carbocycles. The number of rotatable bonds is 9. The molecule has 2 aliphatic heterocycles. The van der Waals surface area contributed by atoms with Crippen LogP contribution in [-0.2, 0) is 18.9 Å². The Bertz CT molecular complexity index is 1340. The fourth-order valence-electron chi connectivity index (χ4n) is 13.9. The van der Waals surface area contributed by atoms with Crippen molar-refractivity contribution in [3.05, 3.63) is 0 Å². The Labute approximate surface area is 314 Å². The van der Waals surface area contributed by atoms with Gasteiger partial charge in [0.05, 0.1) is 43.2 Å². The van der Waals surface area contributed by atoms with E-state index in [1.807, 2.05) is 0 Å². The van der Waals surface area contributed by atoms with Crippen molar-refractivity contribution in [3.8, 4) is 0 Å². The van der Waals surface area contributed by atoms with Crippen molar-refractivity contribution in [2.45, 2.75) is 185 Å². The minimum Gasteiger partial charge on any atom is -0.393 e. The smallest absolute Gasteiger partial charge is 0.186 e. The first-order valence-electron chi connectivity index (χ1n) is 20.3. The Morgan fingerprint density at radius 2 is 1.38 bits per heavy atom. The number of aliphatic hydroxyl groups excluding tert-OH is 8. The molecular weight excluding hydrogens is 688 g/mol. The summed E-state index contributed by atoms with van der Waals surface area (Å²) in [7, 11) is 0. The molecule has 0 aromatic carbocycles. The molecule has 13 nitrogen and oxygen atoms in total. The molecule has 2 heterocycles. The van der Waals surface area contributed by atoms with Gasteiger partial charge in [0.1, 0.15) is 36.6 Å². The summed E-state index contributed by atoms with van der Waals surface area (Å²) < 4.78 is 24.0. The molecule has 8 unspecified atom stereocenters. The van der Waals surface area contributed by atoms with Gasteiger partial charge in [-0.1, -0.05) is 34.6 Å². The third kappa shape index (κ3) is 6.04. The molecule has 0 radical (unpaired) electrons. The van der Waals surface area contributed by atoms with E-state index in [1.54, 1.807) is 13.8 Å². The summed E-state index contributed by atoms with van der Waals surface area (Å²) in [6.45, 7) is 14.0. The SMILES string of the molecule is C[C@H](CC[C@@H](O)C(C)(C)O)C1[C@H](O)C[C@@]2(C)C3C[C@H](O)C4C(C)(C)[C@@H](O[C@@H]5OC[C@@H](O)C(O)C5O[C@@H]5OC[C@H](O)C(O)C5O)CC[C@@]45C[C@@]35CCC12C. The minimum absolute atomic E-state index is 0.0511. The average molecular weight is 757 g/mol. The van der Waals surface area contributed by atoms with Gasteiger partial charge in [-0.15, -0.1) is 0 Å². The lowest BCUT2D eigenvalue weighted by atomic mass is 9.41. The summed E-state index contributed by atoms with van der Waals surface area (Å²) in [4.78, 5) is 0. The summed E-state index contributed by atoms with van der Waals surface area (Å²) in [5, 5.41) is 97.2. The van der Waals surface area contributed by atoms with Gasteiger partial charge in [0.15, 0.2) is 12.6 Å². The quantitative estimate of drug-likeness (QED) is 0.151. The molecule has 0 aromatic heterocycles. The molecule has 0 aromatic rings. The maximum atomic E-state index is 12.3. The van der Waals surface area contributed by atoms with E-state index in [0.29, 0.717) is 32.1 Å². The Morgan fingerprint density at radius 1 is 0.736 bits per heavy atom. The predicted octanol–water partition coefficient (Wildman–Crippen LogP) is 1.20. The van der Waals surface area contributed by atoms with Crippen LogP contribution in [0.1, 0.15) is 106 Å². The highest BCUT2D eigenvalue weighted by molar-refractivity contribution is 5.32. The Hall–Kier alpha value is -0.520. The van der Waals surface area contributed by atoms with E-state index in [2.05, 4.69) is 34.6 Å². The predicted molar refractivity (Wildman–Crippen MR) is 190 cm³/mol. The van der Waals surface area contributed by atoms with Crippen molar-refractivity contribution in [2.24, 2.45) is 50.7 Å². The van der Waals surface area contributed by atoms with Gasteiger partial charge in [0.2, 0.25) is 0 Å². The first-order valence-corrected chi connectivity index (χ1v) is 20.3. The monoisotopic (exact) mass is 756 g/mol. The molecule has 2 saturated heterocycles. The van der Waals surface area contributed by atoms with E-state index in [-0.39, 0.29) is 58.5 Å². The molecule has 5 aliphatic carbocycles. The van der Waals surface area contributed by atoms with Crippen LogP contribution in [0.5, 0.6) is 0 Å². The van der Waals surface area contributed by atoms with E-state index in [9.17, 15) is 46.0 Å². The van der Waals surface area contributed by atoms with Crippen LogP contribution in [0, 0.1) is 50.7 Å². The minimum atomic E-state index is -1.60. The lowest BCUT2D eigenvalue weighted by molar-refractivity contribution is -0.356. The third-order valence-electron chi connectivity index (χ3n) is 16.9. The van der Waals surface area contributed by atoms with Gasteiger partial charge in [-0.3, -0.25) is 0 Å². The van der Waals surface area contributed by atoms with Crippen LogP contribution >= 0.6 is 0 Å². The van der Waals surface area contributed by atoms with Crippen LogP contribution in [0.15, 0.2) is 0 Å². The normalized spacial score (nSPS) is 54.6. The van der Waals surface area contributed by atoms with E-state index >= 15 is 0 Å². The number of fused-ring (bicyclic) bond motifs is 2. The summed E-state index contributed by atoms with van der Waals surface area (Å²) in [6, 6.07) is 0. The van der Waals surface area contributed by atoms with E-state index in [1.165, 1.54) is 0 Å². The molecule has 13 heteroatoms. The maximum absolute atomic E-state index is 12.3. The van der Waals surface area contributed by atoms with E-state index in [4.69, 9.17) is 18.9 Å². The molecule has 0 amide bonds. The standard InChI is InChI=1S/C40H68O13/c1-19(8-9-25(45)36(4,5)49)27-21(42)15-38(7)24-14-20(41)32-35(2,3)26(10-11-40(32)18-39(24,40)13-12-37(27,38)6)52-34-31(29(47)23(44)17-51-34)53-33-30(48)28(46)22(43)16-50-33/h19-34,41-49H,8-18H2,1-7H3/t19-,20+,21-,22+,23-,24?,25-,26+,27?,28?,29?,30?,31?,32?,33+,34+,37?,38+,39+,40-/m1/s1. The molecule has 306 valence electrons. The number of ether oxygens (including phenoxy) is 4. The van der Waals surface area contributed by atoms with Gasteiger partial charge in [0.25, 0.3) is 0 Å². The van der Waals surface area contributed by atoms with Crippen LogP contribution in [0.4, 0.5) is 0 Å². The van der Waals surface area contributed by atoms with Crippen molar-refractivity contribution in [1.29, 1.82) is 0 Å².